The van der Waals surface area contributed by atoms with E-state index in [1.807, 2.05) is 17.7 Å². The molecular weight excluding hydrogens is 244 g/mol. The fourth-order valence-corrected chi connectivity index (χ4v) is 2.63. The van der Waals surface area contributed by atoms with E-state index in [0.29, 0.717) is 5.75 Å². The predicted octanol–water partition coefficient (Wildman–Crippen LogP) is 3.04. The number of thioether (sulfide) groups is 1. The summed E-state index contributed by atoms with van der Waals surface area (Å²) in [5.41, 5.74) is 2.14. The number of hydrogen-bond acceptors (Lipinski definition) is 3. The highest BCUT2D eigenvalue weighted by molar-refractivity contribution is 7.99. The van der Waals surface area contributed by atoms with Crippen molar-refractivity contribution in [2.24, 2.45) is 0 Å². The van der Waals surface area contributed by atoms with E-state index >= 15 is 0 Å². The predicted molar refractivity (Wildman–Crippen MR) is 74.8 cm³/mol. The zero-order valence-corrected chi connectivity index (χ0v) is 11.5. The van der Waals surface area contributed by atoms with Crippen molar-refractivity contribution in [1.29, 1.82) is 0 Å². The molecule has 0 aliphatic heterocycles. The summed E-state index contributed by atoms with van der Waals surface area (Å²) in [5, 5.41) is 14.3. The van der Waals surface area contributed by atoms with E-state index in [1.54, 1.807) is 18.0 Å². The number of aliphatic hydroxyl groups excluding tert-OH is 1. The molecular formula is C14H18N2OS. The van der Waals surface area contributed by atoms with Gasteiger partial charge in [-0.3, -0.25) is 4.68 Å². The Balaban J connectivity index is 1.96. The average Bonchev–Trinajstić information content (AvgIpc) is 2.86. The average molecular weight is 262 g/mol. The molecule has 1 atom stereocenters. The maximum absolute atomic E-state index is 10.2. The molecule has 0 spiro atoms. The summed E-state index contributed by atoms with van der Waals surface area (Å²) in [4.78, 5) is 1.18. The number of benzene rings is 1. The monoisotopic (exact) mass is 262 g/mol. The highest BCUT2D eigenvalue weighted by Gasteiger charge is 2.12. The van der Waals surface area contributed by atoms with Gasteiger partial charge in [0.05, 0.1) is 5.69 Å². The smallest absolute Gasteiger partial charge is 0.105 e. The first-order valence-corrected chi connectivity index (χ1v) is 7.08. The summed E-state index contributed by atoms with van der Waals surface area (Å²) in [7, 11) is 0. The number of aliphatic hydroxyl groups is 1. The molecule has 0 saturated carbocycles. The third-order valence-corrected chi connectivity index (χ3v) is 3.91. The van der Waals surface area contributed by atoms with Crippen molar-refractivity contribution in [3.63, 3.8) is 0 Å². The van der Waals surface area contributed by atoms with Gasteiger partial charge >= 0.3 is 0 Å². The fourth-order valence-electron chi connectivity index (χ4n) is 1.79. The topological polar surface area (TPSA) is 38.0 Å². The van der Waals surface area contributed by atoms with Crippen molar-refractivity contribution in [3.8, 4) is 0 Å². The van der Waals surface area contributed by atoms with Crippen molar-refractivity contribution in [2.75, 3.05) is 5.75 Å². The van der Waals surface area contributed by atoms with Crippen LogP contribution in [-0.2, 0) is 6.54 Å². The van der Waals surface area contributed by atoms with E-state index in [1.165, 1.54) is 10.5 Å². The third kappa shape index (κ3) is 3.15. The summed E-state index contributed by atoms with van der Waals surface area (Å²) >= 11 is 1.66. The van der Waals surface area contributed by atoms with Crippen LogP contribution in [-0.4, -0.2) is 20.6 Å². The Morgan fingerprint density at radius 1 is 1.28 bits per heavy atom. The van der Waals surface area contributed by atoms with Crippen molar-refractivity contribution in [1.82, 2.24) is 9.78 Å². The molecule has 3 nitrogen and oxygen atoms in total. The second-order valence-corrected chi connectivity index (χ2v) is 5.31. The van der Waals surface area contributed by atoms with Crippen LogP contribution in [0, 0.1) is 6.92 Å². The van der Waals surface area contributed by atoms with Gasteiger partial charge in [-0.2, -0.15) is 5.10 Å². The van der Waals surface area contributed by atoms with Gasteiger partial charge in [0.2, 0.25) is 0 Å². The maximum Gasteiger partial charge on any atom is 0.105 e. The van der Waals surface area contributed by atoms with E-state index in [9.17, 15) is 5.11 Å². The minimum absolute atomic E-state index is 0.473. The number of aromatic nitrogens is 2. The lowest BCUT2D eigenvalue weighted by atomic mass is 10.2. The van der Waals surface area contributed by atoms with Gasteiger partial charge in [0.15, 0.2) is 0 Å². The zero-order valence-electron chi connectivity index (χ0n) is 10.7. The Bertz CT molecular complexity index is 493. The van der Waals surface area contributed by atoms with Crippen LogP contribution in [0.1, 0.15) is 24.3 Å². The Labute approximate surface area is 112 Å². The summed E-state index contributed by atoms with van der Waals surface area (Å²) in [6, 6.07) is 10.2. The van der Waals surface area contributed by atoms with Crippen molar-refractivity contribution in [3.05, 3.63) is 47.8 Å². The van der Waals surface area contributed by atoms with Crippen LogP contribution in [0.2, 0.25) is 0 Å². The first-order valence-electron chi connectivity index (χ1n) is 6.10. The highest BCUT2D eigenvalue weighted by Crippen LogP contribution is 2.24. The zero-order chi connectivity index (χ0) is 13.0. The molecule has 2 aromatic rings. The highest BCUT2D eigenvalue weighted by atomic mass is 32.2. The normalized spacial score (nSPS) is 12.6. The minimum Gasteiger partial charge on any atom is -0.386 e. The molecule has 1 aromatic heterocycles. The van der Waals surface area contributed by atoms with Gasteiger partial charge in [-0.15, -0.1) is 11.8 Å². The SMILES string of the molecule is CCn1nccc1C(O)CSc1ccc(C)cc1. The summed E-state index contributed by atoms with van der Waals surface area (Å²) in [5.74, 6) is 0.648. The van der Waals surface area contributed by atoms with E-state index in [0.717, 1.165) is 12.2 Å². The van der Waals surface area contributed by atoms with Crippen LogP contribution in [0.5, 0.6) is 0 Å². The number of rotatable bonds is 5. The van der Waals surface area contributed by atoms with Gasteiger partial charge in [-0.25, -0.2) is 0 Å². The molecule has 18 heavy (non-hydrogen) atoms. The van der Waals surface area contributed by atoms with E-state index < -0.39 is 6.10 Å². The molecule has 0 bridgehead atoms. The molecule has 0 radical (unpaired) electrons. The summed E-state index contributed by atoms with van der Waals surface area (Å²) in [6.45, 7) is 4.88. The molecule has 96 valence electrons. The van der Waals surface area contributed by atoms with E-state index in [2.05, 4.69) is 36.3 Å². The molecule has 0 saturated heterocycles. The second-order valence-electron chi connectivity index (χ2n) is 4.21. The van der Waals surface area contributed by atoms with Crippen LogP contribution in [0.25, 0.3) is 0 Å². The molecule has 1 unspecified atom stereocenters. The second kappa shape index (κ2) is 6.07. The molecule has 0 aliphatic carbocycles. The lowest BCUT2D eigenvalue weighted by Gasteiger charge is -2.12. The van der Waals surface area contributed by atoms with E-state index in [-0.39, 0.29) is 0 Å². The Kier molecular flexibility index (Phi) is 4.44. The van der Waals surface area contributed by atoms with Gasteiger partial charge in [0.1, 0.15) is 6.10 Å². The molecule has 1 aromatic carbocycles. The summed E-state index contributed by atoms with van der Waals surface area (Å²) in [6.07, 6.45) is 1.26. The first-order chi connectivity index (χ1) is 8.70. The third-order valence-electron chi connectivity index (χ3n) is 2.82. The van der Waals surface area contributed by atoms with Crippen LogP contribution < -0.4 is 0 Å². The molecule has 0 amide bonds. The Morgan fingerprint density at radius 2 is 2.00 bits per heavy atom. The van der Waals surface area contributed by atoms with E-state index in [4.69, 9.17) is 0 Å². The molecule has 2 rings (SSSR count). The fraction of sp³-hybridized carbons (Fsp3) is 0.357. The number of aryl methyl sites for hydroxylation is 2. The number of hydrogen-bond donors (Lipinski definition) is 1. The largest absolute Gasteiger partial charge is 0.386 e. The van der Waals surface area contributed by atoms with Crippen LogP contribution in [0.3, 0.4) is 0 Å². The lowest BCUT2D eigenvalue weighted by Crippen LogP contribution is -2.09. The molecule has 1 heterocycles. The van der Waals surface area contributed by atoms with Gasteiger partial charge in [-0.05, 0) is 32.0 Å². The summed E-state index contributed by atoms with van der Waals surface area (Å²) < 4.78 is 1.83. The Hall–Kier alpha value is -1.26. The van der Waals surface area contributed by atoms with Gasteiger partial charge in [-0.1, -0.05) is 17.7 Å². The van der Waals surface area contributed by atoms with Gasteiger partial charge in [0, 0.05) is 23.4 Å². The Morgan fingerprint density at radius 3 is 2.67 bits per heavy atom. The molecule has 0 aliphatic rings. The number of nitrogens with zero attached hydrogens (tertiary/aromatic N) is 2. The minimum atomic E-state index is -0.473. The van der Waals surface area contributed by atoms with Crippen LogP contribution in [0.4, 0.5) is 0 Å². The van der Waals surface area contributed by atoms with Gasteiger partial charge in [0.25, 0.3) is 0 Å². The molecule has 0 fully saturated rings. The molecule has 1 N–H and O–H groups in total. The standard InChI is InChI=1S/C14H18N2OS/c1-3-16-13(8-9-15-16)14(17)10-18-12-6-4-11(2)5-7-12/h4-9,14,17H,3,10H2,1-2H3. The van der Waals surface area contributed by atoms with Crippen LogP contribution >= 0.6 is 11.8 Å². The lowest BCUT2D eigenvalue weighted by molar-refractivity contribution is 0.192. The first kappa shape index (κ1) is 13.2. The van der Waals surface area contributed by atoms with Crippen molar-refractivity contribution in [2.45, 2.75) is 31.4 Å². The van der Waals surface area contributed by atoms with Crippen LogP contribution in [0.15, 0.2) is 41.4 Å². The van der Waals surface area contributed by atoms with Crippen molar-refractivity contribution < 1.29 is 5.11 Å². The van der Waals surface area contributed by atoms with Gasteiger partial charge < -0.3 is 5.11 Å². The maximum atomic E-state index is 10.2. The molecule has 4 heteroatoms. The quantitative estimate of drug-likeness (QED) is 0.842. The van der Waals surface area contributed by atoms with Crippen molar-refractivity contribution >= 4 is 11.8 Å².